The predicted octanol–water partition coefficient (Wildman–Crippen LogP) is 3.83. The monoisotopic (exact) mass is 389 g/mol. The Morgan fingerprint density at radius 3 is 2.90 bits per heavy atom. The van der Waals surface area contributed by atoms with Gasteiger partial charge < -0.3 is 20.9 Å². The van der Waals surface area contributed by atoms with Crippen molar-refractivity contribution < 1.29 is 4.79 Å². The highest BCUT2D eigenvalue weighted by atomic mass is 16.2. The molecule has 0 spiro atoms. The third-order valence-corrected chi connectivity index (χ3v) is 5.46. The Hall–Kier alpha value is -3.28. The van der Waals surface area contributed by atoms with Gasteiger partial charge in [-0.3, -0.25) is 9.78 Å². The Labute approximate surface area is 170 Å². The lowest BCUT2D eigenvalue weighted by Gasteiger charge is -2.32. The summed E-state index contributed by atoms with van der Waals surface area (Å²) >= 11 is 0. The number of fused-ring (bicyclic) bond motifs is 1. The van der Waals surface area contributed by atoms with Crippen LogP contribution < -0.4 is 11.1 Å². The van der Waals surface area contributed by atoms with E-state index in [1.807, 2.05) is 54.3 Å². The van der Waals surface area contributed by atoms with Gasteiger partial charge in [-0.1, -0.05) is 12.1 Å². The number of carbonyl (C=O) groups excluding carboxylic acids is 1. The molecule has 2 aromatic heterocycles. The Balaban J connectivity index is 1.47. The van der Waals surface area contributed by atoms with E-state index in [0.717, 1.165) is 42.5 Å². The summed E-state index contributed by atoms with van der Waals surface area (Å²) in [5, 5.41) is 3.53. The van der Waals surface area contributed by atoms with Crippen LogP contribution in [0, 0.1) is 0 Å². The molecule has 3 aromatic rings. The zero-order valence-electron chi connectivity index (χ0n) is 16.7. The molecule has 1 aliphatic rings. The van der Waals surface area contributed by atoms with Gasteiger partial charge >= 0.3 is 0 Å². The lowest BCUT2D eigenvalue weighted by Crippen LogP contribution is -2.41. The number of aromatic nitrogens is 2. The van der Waals surface area contributed by atoms with E-state index in [9.17, 15) is 4.79 Å². The first-order chi connectivity index (χ1) is 14.1. The number of amides is 1. The van der Waals surface area contributed by atoms with Crippen molar-refractivity contribution in [2.45, 2.75) is 38.8 Å². The Kier molecular flexibility index (Phi) is 5.51. The first-order valence-corrected chi connectivity index (χ1v) is 10.2. The second kappa shape index (κ2) is 8.39. The van der Waals surface area contributed by atoms with E-state index >= 15 is 0 Å². The summed E-state index contributed by atoms with van der Waals surface area (Å²) < 4.78 is 0. The van der Waals surface area contributed by atoms with Gasteiger partial charge in [-0.25, -0.2) is 0 Å². The van der Waals surface area contributed by atoms with E-state index in [-0.39, 0.29) is 11.9 Å². The summed E-state index contributed by atoms with van der Waals surface area (Å²) in [6, 6.07) is 13.7. The fourth-order valence-corrected chi connectivity index (χ4v) is 3.90. The van der Waals surface area contributed by atoms with Crippen LogP contribution in [0.2, 0.25) is 0 Å². The second-order valence-electron chi connectivity index (χ2n) is 7.46. The molecule has 4 rings (SSSR count). The van der Waals surface area contributed by atoms with Crippen LogP contribution in [0.25, 0.3) is 11.0 Å². The number of benzene rings is 1. The molecule has 4 N–H and O–H groups in total. The smallest absolute Gasteiger partial charge is 0.270 e. The van der Waals surface area contributed by atoms with Gasteiger partial charge in [0.25, 0.3) is 5.91 Å². The van der Waals surface area contributed by atoms with Crippen LogP contribution in [-0.4, -0.2) is 33.4 Å². The number of allylic oxidation sites excluding steroid dienone is 1. The summed E-state index contributed by atoms with van der Waals surface area (Å²) in [6.45, 7) is 3.45. The van der Waals surface area contributed by atoms with Crippen LogP contribution in [0.1, 0.15) is 42.2 Å². The highest BCUT2D eigenvalue weighted by Gasteiger charge is 2.25. The Morgan fingerprint density at radius 1 is 1.31 bits per heavy atom. The molecule has 0 bridgehead atoms. The number of likely N-dealkylation sites (N-methyl/N-ethyl adjacent to an activating group) is 1. The molecule has 0 saturated heterocycles. The van der Waals surface area contributed by atoms with Crippen LogP contribution in [0.15, 0.2) is 60.4 Å². The fourth-order valence-electron chi connectivity index (χ4n) is 3.90. The van der Waals surface area contributed by atoms with Crippen molar-refractivity contribution >= 4 is 22.6 Å². The molecule has 29 heavy (non-hydrogen) atoms. The first-order valence-electron chi connectivity index (χ1n) is 10.2. The summed E-state index contributed by atoms with van der Waals surface area (Å²) in [5.74, 6) is 0.0199. The van der Waals surface area contributed by atoms with Crippen LogP contribution in [-0.2, 0) is 6.54 Å². The van der Waals surface area contributed by atoms with Crippen molar-refractivity contribution in [2.75, 3.05) is 12.3 Å². The van der Waals surface area contributed by atoms with Gasteiger partial charge in [0.1, 0.15) is 5.69 Å². The van der Waals surface area contributed by atoms with Crippen LogP contribution >= 0.6 is 0 Å². The van der Waals surface area contributed by atoms with Crippen molar-refractivity contribution in [3.63, 3.8) is 0 Å². The topological polar surface area (TPSA) is 87.0 Å². The standard InChI is InChI=1S/C23H27N5O/c1-2-28(23(29)22-14-21-20(27-22)7-4-12-25-21)19-6-3-5-18(13-19)26-15-16-8-10-17(24)11-9-16/h4,7-14,19,26-27H,2-3,5-6,15,24H2,1H3/t19-/m0/s1. The van der Waals surface area contributed by atoms with Crippen molar-refractivity contribution in [3.8, 4) is 0 Å². The SMILES string of the molecule is CCN(C(=O)c1cc2ncccc2[nH]1)[C@@H]1C=C(NCc2ccc(N)cc2)CCC1. The minimum absolute atomic E-state index is 0.0199. The lowest BCUT2D eigenvalue weighted by atomic mass is 9.98. The number of rotatable bonds is 6. The van der Waals surface area contributed by atoms with E-state index in [2.05, 4.69) is 21.4 Å². The normalized spacial score (nSPS) is 16.4. The van der Waals surface area contributed by atoms with E-state index in [1.165, 1.54) is 11.3 Å². The van der Waals surface area contributed by atoms with Gasteiger partial charge in [-0.15, -0.1) is 0 Å². The third-order valence-electron chi connectivity index (χ3n) is 5.46. The Bertz CT molecular complexity index is 988. The third kappa shape index (κ3) is 4.26. The largest absolute Gasteiger partial charge is 0.399 e. The molecule has 1 aliphatic carbocycles. The number of aromatic amines is 1. The molecule has 1 amide bonds. The summed E-state index contributed by atoms with van der Waals surface area (Å²) in [7, 11) is 0. The van der Waals surface area contributed by atoms with Gasteiger partial charge in [-0.05, 0) is 68.2 Å². The molecule has 2 heterocycles. The maximum Gasteiger partial charge on any atom is 0.270 e. The van der Waals surface area contributed by atoms with Crippen molar-refractivity contribution in [1.82, 2.24) is 20.2 Å². The average Bonchev–Trinajstić information content (AvgIpc) is 3.18. The number of pyridine rings is 1. The molecule has 0 radical (unpaired) electrons. The lowest BCUT2D eigenvalue weighted by molar-refractivity contribution is 0.0706. The van der Waals surface area contributed by atoms with Gasteiger partial charge in [0, 0.05) is 30.7 Å². The van der Waals surface area contributed by atoms with E-state index in [0.29, 0.717) is 12.2 Å². The number of hydrogen-bond donors (Lipinski definition) is 3. The van der Waals surface area contributed by atoms with Crippen molar-refractivity contribution in [3.05, 3.63) is 71.7 Å². The number of nitrogens with one attached hydrogen (secondary N) is 2. The molecule has 1 aromatic carbocycles. The molecule has 0 unspecified atom stereocenters. The van der Waals surface area contributed by atoms with E-state index < -0.39 is 0 Å². The molecule has 0 fully saturated rings. The Morgan fingerprint density at radius 2 is 2.14 bits per heavy atom. The molecule has 0 saturated carbocycles. The molecule has 6 nitrogen and oxygen atoms in total. The number of H-pyrrole nitrogens is 1. The quantitative estimate of drug-likeness (QED) is 0.559. The van der Waals surface area contributed by atoms with E-state index in [1.54, 1.807) is 6.20 Å². The minimum atomic E-state index is 0.0199. The molecule has 6 heteroatoms. The summed E-state index contributed by atoms with van der Waals surface area (Å²) in [6.07, 6.45) is 7.00. The van der Waals surface area contributed by atoms with Crippen molar-refractivity contribution in [1.29, 1.82) is 0 Å². The predicted molar refractivity (Wildman–Crippen MR) is 116 cm³/mol. The number of hydrogen-bond acceptors (Lipinski definition) is 4. The number of nitrogens with two attached hydrogens (primary N) is 1. The number of anilines is 1. The highest BCUT2D eigenvalue weighted by Crippen LogP contribution is 2.23. The molecular weight excluding hydrogens is 362 g/mol. The maximum absolute atomic E-state index is 13.2. The van der Waals surface area contributed by atoms with E-state index in [4.69, 9.17) is 5.73 Å². The highest BCUT2D eigenvalue weighted by molar-refractivity contribution is 5.97. The van der Waals surface area contributed by atoms with Gasteiger partial charge in [0.15, 0.2) is 0 Å². The zero-order chi connectivity index (χ0) is 20.2. The number of nitrogens with zero attached hydrogens (tertiary/aromatic N) is 2. The molecule has 0 aliphatic heterocycles. The first kappa shape index (κ1) is 19.1. The van der Waals surface area contributed by atoms with Crippen molar-refractivity contribution in [2.24, 2.45) is 0 Å². The van der Waals surface area contributed by atoms with Gasteiger partial charge in [0.2, 0.25) is 0 Å². The minimum Gasteiger partial charge on any atom is -0.399 e. The number of carbonyl (C=O) groups is 1. The van der Waals surface area contributed by atoms with Crippen LogP contribution in [0.5, 0.6) is 0 Å². The fraction of sp³-hybridized carbons (Fsp3) is 0.304. The second-order valence-corrected chi connectivity index (χ2v) is 7.46. The molecular formula is C23H27N5O. The van der Waals surface area contributed by atoms with Gasteiger partial charge in [0.05, 0.1) is 17.1 Å². The summed E-state index contributed by atoms with van der Waals surface area (Å²) in [4.78, 5) is 22.6. The zero-order valence-corrected chi connectivity index (χ0v) is 16.7. The number of nitrogen functional groups attached to an aromatic ring is 1. The van der Waals surface area contributed by atoms with Crippen LogP contribution in [0.4, 0.5) is 5.69 Å². The molecule has 1 atom stereocenters. The maximum atomic E-state index is 13.2. The van der Waals surface area contributed by atoms with Gasteiger partial charge in [-0.2, -0.15) is 0 Å². The average molecular weight is 390 g/mol. The van der Waals surface area contributed by atoms with Crippen LogP contribution in [0.3, 0.4) is 0 Å². The summed E-state index contributed by atoms with van der Waals surface area (Å²) in [5.41, 5.74) is 11.2. The molecule has 150 valence electrons.